The first-order valence-electron chi connectivity index (χ1n) is 11.4. The molecule has 0 aliphatic heterocycles. The van der Waals surface area contributed by atoms with Gasteiger partial charge in [-0.15, -0.1) is 0 Å². The summed E-state index contributed by atoms with van der Waals surface area (Å²) in [6.07, 6.45) is 3.98. The molecule has 4 heteroatoms. The van der Waals surface area contributed by atoms with E-state index in [1.165, 1.54) is 18.2 Å². The van der Waals surface area contributed by atoms with E-state index in [1.54, 1.807) is 30.3 Å². The number of fused-ring (bicyclic) bond motifs is 1. The molecule has 0 atom stereocenters. The lowest BCUT2D eigenvalue weighted by molar-refractivity contribution is 0.577. The highest BCUT2D eigenvalue weighted by Gasteiger charge is 2.09. The van der Waals surface area contributed by atoms with Crippen molar-refractivity contribution in [3.05, 3.63) is 118 Å². The van der Waals surface area contributed by atoms with Gasteiger partial charge in [0.15, 0.2) is 0 Å². The van der Waals surface area contributed by atoms with E-state index in [2.05, 4.69) is 30.6 Å². The zero-order valence-corrected chi connectivity index (χ0v) is 19.2. The Kier molecular flexibility index (Phi) is 7.54. The second-order valence-corrected chi connectivity index (χ2v) is 8.29. The van der Waals surface area contributed by atoms with Gasteiger partial charge < -0.3 is 0 Å². The van der Waals surface area contributed by atoms with E-state index < -0.39 is 17.5 Å². The largest absolute Gasteiger partial charge is 0.207 e. The molecule has 0 spiro atoms. The molecule has 0 radical (unpaired) electrons. The lowest BCUT2D eigenvalue weighted by Crippen LogP contribution is -1.93. The molecule has 0 aliphatic rings. The third-order valence-electron chi connectivity index (χ3n) is 5.62. The van der Waals surface area contributed by atoms with Gasteiger partial charge in [0.1, 0.15) is 23.3 Å². The fraction of sp³-hybridized carbons (Fsp3) is 0.161. The van der Waals surface area contributed by atoms with E-state index in [9.17, 15) is 17.6 Å². The summed E-state index contributed by atoms with van der Waals surface area (Å²) in [6, 6.07) is 16.5. The molecule has 0 aromatic heterocycles. The van der Waals surface area contributed by atoms with Gasteiger partial charge in [0, 0.05) is 11.1 Å². The normalized spacial score (nSPS) is 10.4. The first-order chi connectivity index (χ1) is 16.9. The number of aryl methyl sites for hydroxylation is 1. The molecule has 0 aliphatic carbocycles. The molecule has 0 fully saturated rings. The SMILES string of the molecule is CCCCCc1ccc(C#Cc2cc(F)c(C#Cc3ccc4cc(F)ccc4c3)c(F)c2)c(F)c1. The van der Waals surface area contributed by atoms with Gasteiger partial charge >= 0.3 is 0 Å². The minimum absolute atomic E-state index is 0.0877. The highest BCUT2D eigenvalue weighted by atomic mass is 19.1. The maximum absolute atomic E-state index is 14.6. The van der Waals surface area contributed by atoms with E-state index in [0.29, 0.717) is 10.9 Å². The van der Waals surface area contributed by atoms with Crippen LogP contribution in [0.25, 0.3) is 10.8 Å². The maximum atomic E-state index is 14.6. The van der Waals surface area contributed by atoms with Gasteiger partial charge in [-0.2, -0.15) is 0 Å². The lowest BCUT2D eigenvalue weighted by Gasteiger charge is -2.02. The Morgan fingerprint density at radius 3 is 2.06 bits per heavy atom. The molecule has 0 nitrogen and oxygen atoms in total. The van der Waals surface area contributed by atoms with E-state index in [4.69, 9.17) is 0 Å². The van der Waals surface area contributed by atoms with E-state index in [0.717, 1.165) is 48.8 Å². The fourth-order valence-corrected chi connectivity index (χ4v) is 3.73. The van der Waals surface area contributed by atoms with Crippen molar-refractivity contribution in [1.29, 1.82) is 0 Å². The molecule has 0 unspecified atom stereocenters. The van der Waals surface area contributed by atoms with Gasteiger partial charge in [-0.1, -0.05) is 61.6 Å². The van der Waals surface area contributed by atoms with Crippen LogP contribution in [0, 0.1) is 47.0 Å². The summed E-state index contributed by atoms with van der Waals surface area (Å²) in [5.41, 5.74) is 1.33. The first-order valence-corrected chi connectivity index (χ1v) is 11.4. The van der Waals surface area contributed by atoms with Crippen molar-refractivity contribution in [1.82, 2.24) is 0 Å². The van der Waals surface area contributed by atoms with Gasteiger partial charge in [0.05, 0.1) is 11.1 Å². The van der Waals surface area contributed by atoms with Crippen molar-refractivity contribution >= 4 is 10.8 Å². The number of hydrogen-bond acceptors (Lipinski definition) is 0. The molecule has 174 valence electrons. The van der Waals surface area contributed by atoms with Gasteiger partial charge in [-0.05, 0) is 77.7 Å². The molecule has 35 heavy (non-hydrogen) atoms. The molecule has 4 rings (SSSR count). The van der Waals surface area contributed by atoms with E-state index in [-0.39, 0.29) is 22.5 Å². The molecule has 0 bridgehead atoms. The van der Waals surface area contributed by atoms with Crippen LogP contribution in [0.5, 0.6) is 0 Å². The van der Waals surface area contributed by atoms with Crippen LogP contribution >= 0.6 is 0 Å². The Balaban J connectivity index is 1.54. The average molecular weight is 471 g/mol. The van der Waals surface area contributed by atoms with Crippen molar-refractivity contribution in [3.8, 4) is 23.7 Å². The zero-order chi connectivity index (χ0) is 24.8. The number of hydrogen-bond donors (Lipinski definition) is 0. The van der Waals surface area contributed by atoms with Crippen LogP contribution in [0.3, 0.4) is 0 Å². The van der Waals surface area contributed by atoms with E-state index >= 15 is 0 Å². The van der Waals surface area contributed by atoms with Crippen LogP contribution in [0.2, 0.25) is 0 Å². The molecule has 0 saturated carbocycles. The molecule has 0 saturated heterocycles. The minimum atomic E-state index is -0.851. The summed E-state index contributed by atoms with van der Waals surface area (Å²) in [6.45, 7) is 2.11. The topological polar surface area (TPSA) is 0 Å². The molecule has 4 aromatic carbocycles. The Bertz CT molecular complexity index is 1490. The molecule has 0 N–H and O–H groups in total. The summed E-state index contributed by atoms with van der Waals surface area (Å²) in [5, 5.41) is 1.48. The molecular formula is C31H22F4. The Morgan fingerprint density at radius 1 is 0.600 bits per heavy atom. The monoisotopic (exact) mass is 470 g/mol. The van der Waals surface area contributed by atoms with Gasteiger partial charge in [0.2, 0.25) is 0 Å². The predicted molar refractivity (Wildman–Crippen MR) is 132 cm³/mol. The van der Waals surface area contributed by atoms with Crippen LogP contribution in [0.15, 0.2) is 66.7 Å². The predicted octanol–water partition coefficient (Wildman–Crippen LogP) is 7.93. The fourth-order valence-electron chi connectivity index (χ4n) is 3.73. The summed E-state index contributed by atoms with van der Waals surface area (Å²) in [5.74, 6) is 8.07. The van der Waals surface area contributed by atoms with Gasteiger partial charge in [-0.25, -0.2) is 17.6 Å². The molecule has 0 heterocycles. The Labute approximate surface area is 202 Å². The summed E-state index contributed by atoms with van der Waals surface area (Å²) in [7, 11) is 0. The van der Waals surface area contributed by atoms with Crippen LogP contribution in [-0.2, 0) is 6.42 Å². The Morgan fingerprint density at radius 2 is 1.31 bits per heavy atom. The third kappa shape index (κ3) is 6.11. The quantitative estimate of drug-likeness (QED) is 0.161. The second kappa shape index (κ2) is 10.9. The zero-order valence-electron chi connectivity index (χ0n) is 19.2. The van der Waals surface area contributed by atoms with Crippen molar-refractivity contribution in [2.45, 2.75) is 32.6 Å². The summed E-state index contributed by atoms with van der Waals surface area (Å²) < 4.78 is 56.9. The third-order valence-corrected chi connectivity index (χ3v) is 5.62. The smallest absolute Gasteiger partial charge is 0.143 e. The van der Waals surface area contributed by atoms with E-state index in [1.807, 2.05) is 6.07 Å². The van der Waals surface area contributed by atoms with Crippen molar-refractivity contribution in [2.24, 2.45) is 0 Å². The molecule has 0 amide bonds. The van der Waals surface area contributed by atoms with Crippen molar-refractivity contribution < 1.29 is 17.6 Å². The van der Waals surface area contributed by atoms with Crippen LogP contribution in [0.4, 0.5) is 17.6 Å². The van der Waals surface area contributed by atoms with Gasteiger partial charge in [0.25, 0.3) is 0 Å². The van der Waals surface area contributed by atoms with Gasteiger partial charge in [-0.3, -0.25) is 0 Å². The average Bonchev–Trinajstić information content (AvgIpc) is 2.83. The number of unbranched alkanes of at least 4 members (excludes halogenated alkanes) is 2. The van der Waals surface area contributed by atoms with Crippen LogP contribution in [0.1, 0.15) is 54.0 Å². The summed E-state index contributed by atoms with van der Waals surface area (Å²) >= 11 is 0. The second-order valence-electron chi connectivity index (χ2n) is 8.29. The lowest BCUT2D eigenvalue weighted by atomic mass is 10.0. The maximum Gasteiger partial charge on any atom is 0.143 e. The number of halogens is 4. The highest BCUT2D eigenvalue weighted by molar-refractivity contribution is 5.84. The standard InChI is InChI=1S/C31H22F4/c1-2-3-4-5-21-6-10-24(29(33)17-21)11-8-23-18-30(34)28(31(35)19-23)15-9-22-7-12-26-20-27(32)14-13-25(26)16-22/h6-7,10,12-14,16-20H,2-5H2,1H3. The van der Waals surface area contributed by atoms with Crippen molar-refractivity contribution in [3.63, 3.8) is 0 Å². The van der Waals surface area contributed by atoms with Crippen LogP contribution in [-0.4, -0.2) is 0 Å². The highest BCUT2D eigenvalue weighted by Crippen LogP contribution is 2.19. The molecule has 4 aromatic rings. The molecular weight excluding hydrogens is 448 g/mol. The Hall–Kier alpha value is -4.02. The van der Waals surface area contributed by atoms with Crippen molar-refractivity contribution in [2.75, 3.05) is 0 Å². The number of benzene rings is 4. The minimum Gasteiger partial charge on any atom is -0.207 e. The first kappa shape index (κ1) is 24.1. The number of rotatable bonds is 4. The van der Waals surface area contributed by atoms with Crippen LogP contribution < -0.4 is 0 Å². The summed E-state index contributed by atoms with van der Waals surface area (Å²) in [4.78, 5) is 0.